The Morgan fingerprint density at radius 3 is 2.09 bits per heavy atom. The van der Waals surface area contributed by atoms with Gasteiger partial charge in [-0.15, -0.1) is 11.8 Å². The molecule has 0 amide bonds. The Balaban J connectivity index is 1.68. The van der Waals surface area contributed by atoms with Gasteiger partial charge in [-0.2, -0.15) is 0 Å². The SMILES string of the molecule is Cc1ccc(-c2ccc(S(=O)(=O)Nc3cc(SCC(=O)O)c(O)c4ccccc34)cc2)cc1. The number of nitrogens with one attached hydrogen (secondary N) is 1. The Morgan fingerprint density at radius 1 is 0.909 bits per heavy atom. The van der Waals surface area contributed by atoms with Gasteiger partial charge in [-0.1, -0.05) is 66.2 Å². The molecule has 0 fully saturated rings. The van der Waals surface area contributed by atoms with E-state index in [9.17, 15) is 18.3 Å². The van der Waals surface area contributed by atoms with Crippen LogP contribution < -0.4 is 4.72 Å². The molecule has 0 heterocycles. The summed E-state index contributed by atoms with van der Waals surface area (Å²) in [5.41, 5.74) is 3.29. The summed E-state index contributed by atoms with van der Waals surface area (Å²) in [7, 11) is -3.93. The highest BCUT2D eigenvalue weighted by Crippen LogP contribution is 2.40. The molecular weight excluding hydrogens is 458 g/mol. The first-order valence-electron chi connectivity index (χ1n) is 10.0. The number of aryl methyl sites for hydroxylation is 1. The van der Waals surface area contributed by atoms with E-state index in [2.05, 4.69) is 4.72 Å². The molecule has 4 rings (SSSR count). The number of hydrogen-bond donors (Lipinski definition) is 3. The van der Waals surface area contributed by atoms with E-state index in [0.717, 1.165) is 28.5 Å². The van der Waals surface area contributed by atoms with E-state index in [1.807, 2.05) is 31.2 Å². The van der Waals surface area contributed by atoms with Crippen molar-refractivity contribution < 1.29 is 23.4 Å². The Bertz CT molecular complexity index is 1430. The lowest BCUT2D eigenvalue weighted by Gasteiger charge is -2.15. The van der Waals surface area contributed by atoms with Crippen LogP contribution in [0.3, 0.4) is 0 Å². The zero-order valence-electron chi connectivity index (χ0n) is 17.6. The molecule has 0 aliphatic heterocycles. The number of carboxylic acid groups (broad SMARTS) is 1. The predicted molar refractivity (Wildman–Crippen MR) is 131 cm³/mol. The number of rotatable bonds is 7. The second-order valence-corrected chi connectivity index (χ2v) is 10.2. The van der Waals surface area contributed by atoms with Crippen LogP contribution in [0.1, 0.15) is 5.56 Å². The first-order chi connectivity index (χ1) is 15.7. The van der Waals surface area contributed by atoms with Gasteiger partial charge < -0.3 is 10.2 Å². The lowest BCUT2D eigenvalue weighted by Crippen LogP contribution is -2.13. The molecule has 0 aliphatic rings. The zero-order valence-corrected chi connectivity index (χ0v) is 19.3. The van der Waals surface area contributed by atoms with Crippen molar-refractivity contribution in [2.24, 2.45) is 0 Å². The van der Waals surface area contributed by atoms with E-state index < -0.39 is 16.0 Å². The summed E-state index contributed by atoms with van der Waals surface area (Å²) in [6.45, 7) is 2.00. The fourth-order valence-corrected chi connectivity index (χ4v) is 5.24. The first-order valence-corrected chi connectivity index (χ1v) is 12.5. The van der Waals surface area contributed by atoms with Gasteiger partial charge in [0.1, 0.15) is 5.75 Å². The maximum atomic E-state index is 13.1. The third-order valence-electron chi connectivity index (χ3n) is 5.13. The van der Waals surface area contributed by atoms with Crippen LogP contribution in [-0.2, 0) is 14.8 Å². The number of aliphatic carboxylic acids is 1. The molecule has 0 unspecified atom stereocenters. The second-order valence-electron chi connectivity index (χ2n) is 7.49. The molecule has 0 saturated heterocycles. The number of sulfonamides is 1. The maximum absolute atomic E-state index is 13.1. The van der Waals surface area contributed by atoms with Crippen molar-refractivity contribution in [2.45, 2.75) is 16.7 Å². The van der Waals surface area contributed by atoms with Crippen molar-refractivity contribution >= 4 is 44.2 Å². The average molecular weight is 480 g/mol. The van der Waals surface area contributed by atoms with Crippen molar-refractivity contribution in [3.05, 3.63) is 84.4 Å². The number of carbonyl (C=O) groups is 1. The highest BCUT2D eigenvalue weighted by atomic mass is 32.2. The third kappa shape index (κ3) is 4.97. The van der Waals surface area contributed by atoms with E-state index in [4.69, 9.17) is 5.11 Å². The molecule has 168 valence electrons. The Hall–Kier alpha value is -3.49. The summed E-state index contributed by atoms with van der Waals surface area (Å²) < 4.78 is 28.9. The molecule has 33 heavy (non-hydrogen) atoms. The number of fused-ring (bicyclic) bond motifs is 1. The number of benzene rings is 4. The van der Waals surface area contributed by atoms with Crippen molar-refractivity contribution in [1.82, 2.24) is 0 Å². The monoisotopic (exact) mass is 479 g/mol. The third-order valence-corrected chi connectivity index (χ3v) is 7.52. The van der Waals surface area contributed by atoms with Gasteiger partial charge in [0.25, 0.3) is 10.0 Å². The van der Waals surface area contributed by atoms with Gasteiger partial charge in [0.15, 0.2) is 0 Å². The van der Waals surface area contributed by atoms with Crippen LogP contribution in [-0.4, -0.2) is 30.4 Å². The highest BCUT2D eigenvalue weighted by molar-refractivity contribution is 8.00. The molecule has 0 bridgehead atoms. The average Bonchev–Trinajstić information content (AvgIpc) is 2.80. The largest absolute Gasteiger partial charge is 0.506 e. The lowest BCUT2D eigenvalue weighted by atomic mass is 10.0. The summed E-state index contributed by atoms with van der Waals surface area (Å²) in [5, 5.41) is 20.5. The minimum absolute atomic E-state index is 0.0813. The van der Waals surface area contributed by atoms with Crippen LogP contribution in [0.5, 0.6) is 5.75 Å². The number of phenols is 1. The van der Waals surface area contributed by atoms with Crippen LogP contribution in [0, 0.1) is 6.92 Å². The summed E-state index contributed by atoms with van der Waals surface area (Å²) in [4.78, 5) is 11.4. The molecule has 3 N–H and O–H groups in total. The van der Waals surface area contributed by atoms with Crippen LogP contribution in [0.25, 0.3) is 21.9 Å². The fraction of sp³-hybridized carbons (Fsp3) is 0.0800. The second kappa shape index (κ2) is 9.17. The predicted octanol–water partition coefficient (Wildman–Crippen LogP) is 5.50. The van der Waals surface area contributed by atoms with E-state index in [0.29, 0.717) is 10.8 Å². The van der Waals surface area contributed by atoms with Crippen molar-refractivity contribution in [1.29, 1.82) is 0 Å². The molecule has 8 heteroatoms. The number of thioether (sulfide) groups is 1. The number of anilines is 1. The van der Waals surface area contributed by atoms with Crippen LogP contribution in [0.4, 0.5) is 5.69 Å². The molecule has 0 spiro atoms. The van der Waals surface area contributed by atoms with Gasteiger partial charge in [0.05, 0.1) is 21.2 Å². The molecule has 6 nitrogen and oxygen atoms in total. The molecule has 0 aromatic heterocycles. The Labute approximate surface area is 196 Å². The maximum Gasteiger partial charge on any atom is 0.313 e. The number of aromatic hydroxyl groups is 1. The summed E-state index contributed by atoms with van der Waals surface area (Å²) >= 11 is 0.922. The Morgan fingerprint density at radius 2 is 1.48 bits per heavy atom. The lowest BCUT2D eigenvalue weighted by molar-refractivity contribution is -0.133. The summed E-state index contributed by atoms with van der Waals surface area (Å²) in [6.07, 6.45) is 0. The van der Waals surface area contributed by atoms with Crippen LogP contribution in [0.2, 0.25) is 0 Å². The zero-order chi connectivity index (χ0) is 23.6. The van der Waals surface area contributed by atoms with E-state index in [1.54, 1.807) is 48.5 Å². The van der Waals surface area contributed by atoms with Crippen LogP contribution >= 0.6 is 11.8 Å². The molecule has 0 saturated carbocycles. The normalized spacial score (nSPS) is 11.4. The van der Waals surface area contributed by atoms with Crippen molar-refractivity contribution in [3.63, 3.8) is 0 Å². The van der Waals surface area contributed by atoms with Gasteiger partial charge in [0.2, 0.25) is 0 Å². The standard InChI is InChI=1S/C25H21NO5S2/c1-16-6-8-17(9-7-16)18-10-12-19(13-11-18)33(30,31)26-22-14-23(32-15-24(27)28)25(29)21-5-3-2-4-20(21)22/h2-14,26,29H,15H2,1H3,(H,27,28). The highest BCUT2D eigenvalue weighted by Gasteiger charge is 2.19. The van der Waals surface area contributed by atoms with Crippen molar-refractivity contribution in [2.75, 3.05) is 10.5 Å². The molecule has 0 aliphatic carbocycles. The minimum atomic E-state index is -3.93. The molecular formula is C25H21NO5S2. The molecule has 0 atom stereocenters. The van der Waals surface area contributed by atoms with Gasteiger partial charge in [-0.3, -0.25) is 9.52 Å². The molecule has 0 radical (unpaired) electrons. The fourth-order valence-electron chi connectivity index (χ4n) is 3.44. The van der Waals surface area contributed by atoms with E-state index in [-0.39, 0.29) is 27.0 Å². The smallest absolute Gasteiger partial charge is 0.313 e. The summed E-state index contributed by atoms with van der Waals surface area (Å²) in [6, 6.07) is 22.8. The van der Waals surface area contributed by atoms with Crippen LogP contribution in [0.15, 0.2) is 88.7 Å². The molecule has 4 aromatic carbocycles. The van der Waals surface area contributed by atoms with Gasteiger partial charge in [-0.05, 0) is 36.2 Å². The van der Waals surface area contributed by atoms with E-state index in [1.165, 1.54) is 6.07 Å². The minimum Gasteiger partial charge on any atom is -0.506 e. The summed E-state index contributed by atoms with van der Waals surface area (Å²) in [5.74, 6) is -1.39. The van der Waals surface area contributed by atoms with E-state index >= 15 is 0 Å². The van der Waals surface area contributed by atoms with Gasteiger partial charge in [0, 0.05) is 10.8 Å². The Kier molecular flexibility index (Phi) is 6.31. The first kappa shape index (κ1) is 22.7. The van der Waals surface area contributed by atoms with Gasteiger partial charge >= 0.3 is 5.97 Å². The number of phenolic OH excluding ortho intramolecular Hbond substituents is 1. The number of hydrogen-bond acceptors (Lipinski definition) is 5. The van der Waals surface area contributed by atoms with Gasteiger partial charge in [-0.25, -0.2) is 8.42 Å². The molecule has 4 aromatic rings. The van der Waals surface area contributed by atoms with Crippen molar-refractivity contribution in [3.8, 4) is 16.9 Å². The quantitative estimate of drug-likeness (QED) is 0.239. The number of carboxylic acids is 1. The topological polar surface area (TPSA) is 104 Å².